The number of hydrogen-bond acceptors (Lipinski definition) is 9. The molecular formula is C82H175N9O9. The molecule has 0 radical (unpaired) electrons. The Labute approximate surface area is 619 Å². The van der Waals surface area contributed by atoms with E-state index in [0.717, 1.165) is 103 Å². The number of amides is 8. The highest BCUT2D eigenvalue weighted by Gasteiger charge is 2.01. The van der Waals surface area contributed by atoms with Gasteiger partial charge in [0.15, 0.2) is 0 Å². The van der Waals surface area contributed by atoms with Crippen molar-refractivity contribution in [3.8, 4) is 0 Å². The molecule has 100 heavy (non-hydrogen) atoms. The van der Waals surface area contributed by atoms with Gasteiger partial charge in [0.05, 0.1) is 14.1 Å². The fraction of sp³-hybridized carbons (Fsp3) is 0.902. The zero-order valence-corrected chi connectivity index (χ0v) is 68.0. The van der Waals surface area contributed by atoms with Gasteiger partial charge in [-0.15, -0.1) is 0 Å². The minimum absolute atomic E-state index is 0.163. The van der Waals surface area contributed by atoms with E-state index in [1.165, 1.54) is 271 Å². The Morgan fingerprint density at radius 3 is 0.290 bits per heavy atom. The molecule has 18 nitrogen and oxygen atoms in total. The van der Waals surface area contributed by atoms with Crippen LogP contribution in [0.15, 0.2) is 0 Å². The van der Waals surface area contributed by atoms with E-state index in [-0.39, 0.29) is 52.3 Å². The number of nitrogens with two attached hydrogens (primary N) is 8. The van der Waals surface area contributed by atoms with Gasteiger partial charge in [-0.2, -0.15) is 0 Å². The molecule has 0 aliphatic rings. The molecule has 0 rings (SSSR count). The SMILES string of the molecule is CCCCCCCCCC(N)=O.CCCCCCCCCC(N)=O.CCCCCCCCCC(N)=O.CCCCCCCCCC(N)=O.CCCCCCCCCC(N)=O.CCCCCCCCCC(N)=O.CCCCCCCCCC(N)=O.CCCCCCCCCC(N)=O.C[NH+](C)[O-]. The Morgan fingerprint density at radius 1 is 0.170 bits per heavy atom. The molecular weight excluding hydrogens is 1250 g/mol. The van der Waals surface area contributed by atoms with Crippen LogP contribution in [-0.2, 0) is 38.4 Å². The van der Waals surface area contributed by atoms with Crippen molar-refractivity contribution in [1.82, 2.24) is 0 Å². The molecule has 18 heteroatoms. The van der Waals surface area contributed by atoms with E-state index in [1.54, 1.807) is 0 Å². The van der Waals surface area contributed by atoms with Gasteiger partial charge in [-0.25, -0.2) is 0 Å². The lowest BCUT2D eigenvalue weighted by molar-refractivity contribution is -0.802. The van der Waals surface area contributed by atoms with Crippen LogP contribution in [0.3, 0.4) is 0 Å². The number of nitrogens with one attached hydrogen (secondary N) is 1. The Hall–Kier alpha value is -4.32. The highest BCUT2D eigenvalue weighted by Crippen LogP contribution is 2.14. The van der Waals surface area contributed by atoms with Gasteiger partial charge in [-0.1, -0.05) is 364 Å². The van der Waals surface area contributed by atoms with Gasteiger partial charge >= 0.3 is 0 Å². The molecule has 17 N–H and O–H groups in total. The van der Waals surface area contributed by atoms with E-state index in [1.807, 2.05) is 0 Å². The van der Waals surface area contributed by atoms with Crippen molar-refractivity contribution in [2.75, 3.05) is 14.1 Å². The summed E-state index contributed by atoms with van der Waals surface area (Å²) in [5.41, 5.74) is 40.1. The molecule has 8 amide bonds. The summed E-state index contributed by atoms with van der Waals surface area (Å²) in [5.74, 6) is -1.31. The maximum atomic E-state index is 10.4. The molecule has 602 valence electrons. The van der Waals surface area contributed by atoms with Crippen LogP contribution >= 0.6 is 0 Å². The van der Waals surface area contributed by atoms with E-state index in [4.69, 9.17) is 45.9 Å². The summed E-state index contributed by atoms with van der Waals surface area (Å²) in [5, 5.41) is 9.61. The minimum Gasteiger partial charge on any atom is -0.635 e. The standard InChI is InChI=1S/8C10H21NO.C2H7NO/c8*1-2-3-4-5-6-7-8-9-10(11)12;1-3(2)4/h8*2-9H2,1H3,(H2,11,12);3H,1-2H3. The van der Waals surface area contributed by atoms with Gasteiger partial charge in [-0.05, 0) is 51.4 Å². The fourth-order valence-electron chi connectivity index (χ4n) is 10.1. The van der Waals surface area contributed by atoms with Gasteiger partial charge in [0.2, 0.25) is 47.3 Å². The first-order chi connectivity index (χ1) is 47.9. The highest BCUT2D eigenvalue weighted by atomic mass is 16.5. The summed E-state index contributed by atoms with van der Waals surface area (Å²) in [6.45, 7) is 17.7. The van der Waals surface area contributed by atoms with E-state index < -0.39 is 0 Å². The number of hydroxylamine groups is 2. The van der Waals surface area contributed by atoms with Crippen LogP contribution < -0.4 is 50.9 Å². The van der Waals surface area contributed by atoms with Crippen LogP contribution in [0.2, 0.25) is 0 Å². The van der Waals surface area contributed by atoms with Gasteiger partial charge < -0.3 is 56.1 Å². The molecule has 0 aromatic heterocycles. The van der Waals surface area contributed by atoms with Crippen molar-refractivity contribution in [2.24, 2.45) is 45.9 Å². The molecule has 0 saturated heterocycles. The predicted molar refractivity (Wildman–Crippen MR) is 431 cm³/mol. The Bertz CT molecular complexity index is 1290. The molecule has 0 heterocycles. The Balaban J connectivity index is -0.000000134. The summed E-state index contributed by atoms with van der Waals surface area (Å²) in [6, 6.07) is 0. The van der Waals surface area contributed by atoms with Crippen molar-refractivity contribution in [3.05, 3.63) is 5.21 Å². The number of hydrogen-bond donors (Lipinski definition) is 9. The van der Waals surface area contributed by atoms with E-state index in [0.29, 0.717) is 51.4 Å². The molecule has 0 unspecified atom stereocenters. The summed E-state index contributed by atoms with van der Waals surface area (Å²) >= 11 is 0. The molecule has 0 fully saturated rings. The summed E-state index contributed by atoms with van der Waals surface area (Å²) in [4.78, 5) is 82.9. The lowest BCUT2D eigenvalue weighted by Gasteiger charge is -2.04. The van der Waals surface area contributed by atoms with Crippen LogP contribution in [0.5, 0.6) is 0 Å². The van der Waals surface area contributed by atoms with Crippen molar-refractivity contribution in [2.45, 2.75) is 466 Å². The lowest BCUT2D eigenvalue weighted by atomic mass is 10.1. The van der Waals surface area contributed by atoms with Gasteiger partial charge in [0, 0.05) is 51.4 Å². The molecule has 0 aliphatic carbocycles. The Kier molecular flexibility index (Phi) is 126. The van der Waals surface area contributed by atoms with Crippen molar-refractivity contribution < 1.29 is 43.4 Å². The molecule has 0 spiro atoms. The maximum absolute atomic E-state index is 10.4. The maximum Gasteiger partial charge on any atom is 0.217 e. The number of quaternary nitrogens is 1. The summed E-state index contributed by atoms with van der Waals surface area (Å²) in [7, 11) is 3.06. The number of carbonyl (C=O) groups is 8. The lowest BCUT2D eigenvalue weighted by Crippen LogP contribution is -3.00. The second kappa shape index (κ2) is 111. The summed E-state index contributed by atoms with van der Waals surface area (Å²) < 4.78 is 0. The smallest absolute Gasteiger partial charge is 0.217 e. The van der Waals surface area contributed by atoms with Crippen molar-refractivity contribution in [1.29, 1.82) is 0 Å². The van der Waals surface area contributed by atoms with Gasteiger partial charge in [0.1, 0.15) is 0 Å². The van der Waals surface area contributed by atoms with Crippen LogP contribution in [0.25, 0.3) is 0 Å². The molecule has 0 bridgehead atoms. The first-order valence-electron chi connectivity index (χ1n) is 41.6. The third-order valence-corrected chi connectivity index (χ3v) is 16.2. The van der Waals surface area contributed by atoms with E-state index in [2.05, 4.69) is 55.4 Å². The fourth-order valence-corrected chi connectivity index (χ4v) is 10.1. The molecule has 0 aliphatic heterocycles. The van der Waals surface area contributed by atoms with Gasteiger partial charge in [-0.3, -0.25) is 38.4 Å². The average Bonchev–Trinajstić information content (AvgIpc) is 3.66. The number of rotatable bonds is 64. The first kappa shape index (κ1) is 114. The van der Waals surface area contributed by atoms with Crippen LogP contribution in [0, 0.1) is 5.21 Å². The van der Waals surface area contributed by atoms with Crippen molar-refractivity contribution >= 4 is 47.3 Å². The van der Waals surface area contributed by atoms with Crippen LogP contribution in [0.4, 0.5) is 0 Å². The van der Waals surface area contributed by atoms with E-state index >= 15 is 0 Å². The number of primary amides is 8. The van der Waals surface area contributed by atoms with Crippen LogP contribution in [0.1, 0.15) is 466 Å². The average molecular weight is 1430 g/mol. The second-order valence-electron chi connectivity index (χ2n) is 27.6. The monoisotopic (exact) mass is 1430 g/mol. The number of carbonyl (C=O) groups excluding carboxylic acids is 8. The minimum atomic E-state index is -0.163. The predicted octanol–water partition coefficient (Wildman–Crippen LogP) is 19.5. The molecule has 0 atom stereocenters. The first-order valence-corrected chi connectivity index (χ1v) is 41.6. The normalized spacial score (nSPS) is 10.0. The molecule has 0 aromatic carbocycles. The highest BCUT2D eigenvalue weighted by molar-refractivity contribution is 5.75. The zero-order valence-electron chi connectivity index (χ0n) is 68.0. The topological polar surface area (TPSA) is 372 Å². The molecule has 0 saturated carbocycles. The zero-order chi connectivity index (χ0) is 77.5. The second-order valence-corrected chi connectivity index (χ2v) is 27.6. The van der Waals surface area contributed by atoms with E-state index in [9.17, 15) is 43.6 Å². The Morgan fingerprint density at radius 2 is 0.230 bits per heavy atom. The quantitative estimate of drug-likeness (QED) is 0.0206. The largest absolute Gasteiger partial charge is 0.635 e. The summed E-state index contributed by atoms with van der Waals surface area (Å²) in [6.07, 6.45) is 73.9. The van der Waals surface area contributed by atoms with Crippen molar-refractivity contribution in [3.63, 3.8) is 0 Å². The molecule has 0 aromatic rings. The number of unbranched alkanes of at least 4 members (excludes halogenated alkanes) is 48. The third-order valence-electron chi connectivity index (χ3n) is 16.2. The van der Waals surface area contributed by atoms with Gasteiger partial charge in [0.25, 0.3) is 0 Å². The van der Waals surface area contributed by atoms with Crippen LogP contribution in [-0.4, -0.2) is 61.4 Å². The third kappa shape index (κ3) is 176.